The highest BCUT2D eigenvalue weighted by Gasteiger charge is 2.47. The van der Waals surface area contributed by atoms with Crippen molar-refractivity contribution in [2.24, 2.45) is 0 Å². The van der Waals surface area contributed by atoms with Crippen molar-refractivity contribution in [2.75, 3.05) is 26.4 Å². The molecule has 2 aliphatic rings. The van der Waals surface area contributed by atoms with Crippen LogP contribution in [0.25, 0.3) is 0 Å². The molecule has 7 N–H and O–H groups in total. The van der Waals surface area contributed by atoms with Crippen molar-refractivity contribution in [2.45, 2.75) is 332 Å². The summed E-state index contributed by atoms with van der Waals surface area (Å²) in [4.78, 5) is 25.9. The van der Waals surface area contributed by atoms with E-state index < -0.39 is 92.7 Å². The first kappa shape index (κ1) is 69.3. The molecule has 15 heteroatoms. The molecular weight excluding hydrogens is 961 g/mol. The normalized spacial score (nSPS) is 24.5. The van der Waals surface area contributed by atoms with E-state index >= 15 is 0 Å². The van der Waals surface area contributed by atoms with Crippen LogP contribution in [0.15, 0.2) is 12.2 Å². The van der Waals surface area contributed by atoms with Gasteiger partial charge in [0.1, 0.15) is 55.4 Å². The van der Waals surface area contributed by atoms with E-state index in [9.17, 15) is 45.3 Å². The standard InChI is InChI=1S/C60H112O15/c1-3-5-7-9-11-13-15-17-19-21-23-24-25-27-28-30-32-34-36-38-40-42-51(62)70-45-48(73-52(63)43-41-39-37-35-33-31-29-26-22-20-18-16-14-12-10-8-6-4-2)46-71-59-58(69)56(67)54(65)50(75-59)47-72-60-57(68)55(66)53(64)49(44-61)74-60/h17,19,48-50,53-61,64-69H,3-16,18,20-47H2,1-2H3/b19-17+/t48-,49+,50+,53-,54-,55?,56?,57?,58?,59+,60+/m0/s1. The van der Waals surface area contributed by atoms with Crippen LogP contribution in [0.2, 0.25) is 0 Å². The Morgan fingerprint density at radius 2 is 0.760 bits per heavy atom. The van der Waals surface area contributed by atoms with E-state index in [1.807, 2.05) is 0 Å². The van der Waals surface area contributed by atoms with Crippen molar-refractivity contribution in [1.29, 1.82) is 0 Å². The predicted octanol–water partition coefficient (Wildman–Crippen LogP) is 10.9. The maximum Gasteiger partial charge on any atom is 0.306 e. The lowest BCUT2D eigenvalue weighted by Gasteiger charge is -2.42. The number of hydrogen-bond donors (Lipinski definition) is 7. The molecule has 0 aromatic carbocycles. The number of carbonyl (C=O) groups excluding carboxylic acids is 2. The van der Waals surface area contributed by atoms with Gasteiger partial charge in [0.25, 0.3) is 0 Å². The van der Waals surface area contributed by atoms with Gasteiger partial charge in [0, 0.05) is 12.8 Å². The van der Waals surface area contributed by atoms with Crippen molar-refractivity contribution >= 4 is 11.9 Å². The van der Waals surface area contributed by atoms with Crippen LogP contribution in [0.5, 0.6) is 0 Å². The molecule has 0 aromatic rings. The summed E-state index contributed by atoms with van der Waals surface area (Å²) in [5.74, 6) is -0.907. The molecule has 0 radical (unpaired) electrons. The maximum atomic E-state index is 13.1. The molecule has 442 valence electrons. The number of unbranched alkanes of at least 4 members (excludes halogenated alkanes) is 34. The summed E-state index contributed by atoms with van der Waals surface area (Å²) in [6.45, 7) is 2.65. The molecule has 0 bridgehead atoms. The van der Waals surface area contributed by atoms with E-state index in [4.69, 9.17) is 28.4 Å². The zero-order valence-corrected chi connectivity index (χ0v) is 47.3. The maximum absolute atomic E-state index is 13.1. The smallest absolute Gasteiger partial charge is 0.306 e. The van der Waals surface area contributed by atoms with Crippen LogP contribution >= 0.6 is 0 Å². The number of rotatable bonds is 50. The van der Waals surface area contributed by atoms with Crippen molar-refractivity contribution in [3.8, 4) is 0 Å². The Labute approximate surface area is 454 Å². The van der Waals surface area contributed by atoms with Crippen LogP contribution in [-0.4, -0.2) is 142 Å². The van der Waals surface area contributed by atoms with Gasteiger partial charge in [-0.05, 0) is 38.5 Å². The van der Waals surface area contributed by atoms with E-state index in [1.165, 1.54) is 186 Å². The van der Waals surface area contributed by atoms with E-state index in [-0.39, 0.29) is 26.1 Å². The van der Waals surface area contributed by atoms with Crippen LogP contribution in [-0.2, 0) is 38.0 Å². The molecule has 2 heterocycles. The lowest BCUT2D eigenvalue weighted by molar-refractivity contribution is -0.332. The minimum Gasteiger partial charge on any atom is -0.462 e. The minimum atomic E-state index is -1.76. The van der Waals surface area contributed by atoms with Crippen molar-refractivity contribution in [3.05, 3.63) is 12.2 Å². The van der Waals surface area contributed by atoms with Gasteiger partial charge in [0.05, 0.1) is 19.8 Å². The van der Waals surface area contributed by atoms with Gasteiger partial charge in [-0.25, -0.2) is 0 Å². The van der Waals surface area contributed by atoms with Crippen molar-refractivity contribution < 1.29 is 73.8 Å². The Morgan fingerprint density at radius 1 is 0.413 bits per heavy atom. The quantitative estimate of drug-likeness (QED) is 0.0171. The predicted molar refractivity (Wildman–Crippen MR) is 294 cm³/mol. The number of carbonyl (C=O) groups is 2. The van der Waals surface area contributed by atoms with Gasteiger partial charge in [0.15, 0.2) is 18.7 Å². The average molecular weight is 1070 g/mol. The van der Waals surface area contributed by atoms with Crippen LogP contribution in [0, 0.1) is 0 Å². The van der Waals surface area contributed by atoms with E-state index in [0.29, 0.717) is 12.8 Å². The summed E-state index contributed by atoms with van der Waals surface area (Å²) in [6.07, 6.45) is 33.7. The first-order valence-electron chi connectivity index (χ1n) is 30.8. The van der Waals surface area contributed by atoms with Gasteiger partial charge in [-0.15, -0.1) is 0 Å². The molecule has 11 atom stereocenters. The fraction of sp³-hybridized carbons (Fsp3) is 0.933. The van der Waals surface area contributed by atoms with Crippen molar-refractivity contribution in [3.63, 3.8) is 0 Å². The first-order chi connectivity index (χ1) is 36.5. The van der Waals surface area contributed by atoms with E-state index in [1.54, 1.807) is 0 Å². The molecule has 0 spiro atoms. The Bertz CT molecular complexity index is 1350. The van der Waals surface area contributed by atoms with Gasteiger partial charge in [-0.1, -0.05) is 225 Å². The fourth-order valence-electron chi connectivity index (χ4n) is 9.98. The van der Waals surface area contributed by atoms with Crippen LogP contribution < -0.4 is 0 Å². The van der Waals surface area contributed by atoms with Gasteiger partial charge in [-0.3, -0.25) is 9.59 Å². The molecule has 0 saturated carbocycles. The number of esters is 2. The average Bonchev–Trinajstić information content (AvgIpc) is 3.40. The monoisotopic (exact) mass is 1070 g/mol. The molecular formula is C60H112O15. The van der Waals surface area contributed by atoms with Gasteiger partial charge < -0.3 is 64.2 Å². The molecule has 75 heavy (non-hydrogen) atoms. The summed E-state index contributed by atoms with van der Waals surface area (Å²) < 4.78 is 33.8. The van der Waals surface area contributed by atoms with Gasteiger partial charge in [-0.2, -0.15) is 0 Å². The molecule has 0 aliphatic carbocycles. The third-order valence-corrected chi connectivity index (χ3v) is 15.0. The Hall–Kier alpha value is -1.76. The van der Waals surface area contributed by atoms with E-state index in [0.717, 1.165) is 38.5 Å². The third-order valence-electron chi connectivity index (χ3n) is 15.0. The zero-order chi connectivity index (χ0) is 54.6. The largest absolute Gasteiger partial charge is 0.462 e. The Balaban J connectivity index is 1.72. The number of allylic oxidation sites excluding steroid dienone is 2. The number of hydrogen-bond acceptors (Lipinski definition) is 15. The highest BCUT2D eigenvalue weighted by Crippen LogP contribution is 2.27. The summed E-state index contributed by atoms with van der Waals surface area (Å²) in [5.41, 5.74) is 0. The molecule has 0 aromatic heterocycles. The summed E-state index contributed by atoms with van der Waals surface area (Å²) in [6, 6.07) is 0. The van der Waals surface area contributed by atoms with Gasteiger partial charge in [0.2, 0.25) is 0 Å². The van der Waals surface area contributed by atoms with Crippen LogP contribution in [0.1, 0.15) is 264 Å². The molecule has 2 aliphatic heterocycles. The molecule has 4 unspecified atom stereocenters. The SMILES string of the molecule is CCCCCCCC/C=C/CCCCCCCCCCCCCC(=O)OC[C@@H](CO[C@@H]1O[C@H](CO[C@@H]2O[C@H](CO)[C@H](O)C(O)C2O)[C@H](O)C(O)C1O)OC(=O)CCCCCCCCCCCCCCCCCCCC. The van der Waals surface area contributed by atoms with Gasteiger partial charge >= 0.3 is 11.9 Å². The lowest BCUT2D eigenvalue weighted by Crippen LogP contribution is -2.61. The molecule has 2 rings (SSSR count). The minimum absolute atomic E-state index is 0.172. The van der Waals surface area contributed by atoms with Crippen LogP contribution in [0.3, 0.4) is 0 Å². The fourth-order valence-corrected chi connectivity index (χ4v) is 9.98. The lowest BCUT2D eigenvalue weighted by atomic mass is 9.98. The number of aliphatic hydroxyl groups excluding tert-OH is 7. The van der Waals surface area contributed by atoms with Crippen molar-refractivity contribution in [1.82, 2.24) is 0 Å². The molecule has 2 fully saturated rings. The summed E-state index contributed by atoms with van der Waals surface area (Å²) >= 11 is 0. The molecule has 15 nitrogen and oxygen atoms in total. The second kappa shape index (κ2) is 47.1. The van der Waals surface area contributed by atoms with E-state index in [2.05, 4.69) is 26.0 Å². The molecule has 2 saturated heterocycles. The molecule has 0 amide bonds. The second-order valence-electron chi connectivity index (χ2n) is 21.9. The summed E-state index contributed by atoms with van der Waals surface area (Å²) in [5, 5.41) is 72.3. The number of aliphatic hydroxyl groups is 7. The third kappa shape index (κ3) is 34.1. The zero-order valence-electron chi connectivity index (χ0n) is 47.3. The number of ether oxygens (including phenoxy) is 6. The Kier molecular flexibility index (Phi) is 43.5. The van der Waals surface area contributed by atoms with Crippen LogP contribution in [0.4, 0.5) is 0 Å². The highest BCUT2D eigenvalue weighted by molar-refractivity contribution is 5.70. The summed E-state index contributed by atoms with van der Waals surface area (Å²) in [7, 11) is 0. The first-order valence-corrected chi connectivity index (χ1v) is 30.8. The highest BCUT2D eigenvalue weighted by atomic mass is 16.7. The topological polar surface area (TPSA) is 231 Å². The second-order valence-corrected chi connectivity index (χ2v) is 21.9. The Morgan fingerprint density at radius 3 is 1.17 bits per heavy atom.